The number of hydrogen-bond donors (Lipinski definition) is 2. The largest absolute Gasteiger partial charge is 0.496 e. The molecule has 0 spiro atoms. The Morgan fingerprint density at radius 1 is 1.21 bits per heavy atom. The number of nitrogens with zero attached hydrogens (tertiary/aromatic N) is 1. The van der Waals surface area contributed by atoms with Gasteiger partial charge in [-0.25, -0.2) is 4.98 Å². The molecule has 3 rings (SSSR count). The standard InChI is InChI=1S/C19H21N3O2/c1-12-8-14(18(24-3)9-13(12)2)6-7-20-19(23)15-4-5-16-17(10-15)22-11-21-16/h4-5,8-11H,6-7H2,1-3H3,(H,20,23)(H,21,22). The van der Waals surface area contributed by atoms with Crippen LogP contribution in [0.15, 0.2) is 36.7 Å². The third-order valence-electron chi connectivity index (χ3n) is 4.26. The average molecular weight is 323 g/mol. The lowest BCUT2D eigenvalue weighted by molar-refractivity contribution is 0.0954. The molecule has 0 radical (unpaired) electrons. The van der Waals surface area contributed by atoms with Gasteiger partial charge < -0.3 is 15.0 Å². The van der Waals surface area contributed by atoms with E-state index >= 15 is 0 Å². The van der Waals surface area contributed by atoms with Gasteiger partial charge in [-0.05, 0) is 61.2 Å². The van der Waals surface area contributed by atoms with E-state index in [1.165, 1.54) is 11.1 Å². The van der Waals surface area contributed by atoms with Crippen LogP contribution >= 0.6 is 0 Å². The number of rotatable bonds is 5. The predicted molar refractivity (Wildman–Crippen MR) is 94.6 cm³/mol. The molecule has 2 N–H and O–H groups in total. The molecule has 1 aromatic heterocycles. The second kappa shape index (κ2) is 6.74. The van der Waals surface area contributed by atoms with Crippen molar-refractivity contribution in [1.29, 1.82) is 0 Å². The molecule has 0 aliphatic rings. The Labute approximate surface area is 141 Å². The highest BCUT2D eigenvalue weighted by molar-refractivity contribution is 5.97. The Bertz CT molecular complexity index is 883. The summed E-state index contributed by atoms with van der Waals surface area (Å²) in [7, 11) is 1.67. The number of aryl methyl sites for hydroxylation is 2. The van der Waals surface area contributed by atoms with Crippen LogP contribution in [-0.4, -0.2) is 29.5 Å². The fourth-order valence-electron chi connectivity index (χ4n) is 2.72. The third kappa shape index (κ3) is 3.25. The molecule has 0 aliphatic heterocycles. The highest BCUT2D eigenvalue weighted by Crippen LogP contribution is 2.23. The summed E-state index contributed by atoms with van der Waals surface area (Å²) in [4.78, 5) is 19.5. The fourth-order valence-corrected chi connectivity index (χ4v) is 2.72. The molecule has 5 heteroatoms. The molecule has 124 valence electrons. The summed E-state index contributed by atoms with van der Waals surface area (Å²) in [6.07, 6.45) is 2.35. The van der Waals surface area contributed by atoms with E-state index in [-0.39, 0.29) is 5.91 Å². The minimum atomic E-state index is -0.0886. The van der Waals surface area contributed by atoms with Gasteiger partial charge in [0.05, 0.1) is 24.5 Å². The van der Waals surface area contributed by atoms with E-state index in [0.29, 0.717) is 12.1 Å². The van der Waals surface area contributed by atoms with Gasteiger partial charge in [0, 0.05) is 12.1 Å². The Hall–Kier alpha value is -2.82. The number of hydrogen-bond acceptors (Lipinski definition) is 3. The van der Waals surface area contributed by atoms with E-state index in [4.69, 9.17) is 4.74 Å². The Morgan fingerprint density at radius 2 is 2.00 bits per heavy atom. The molecule has 24 heavy (non-hydrogen) atoms. The van der Waals surface area contributed by atoms with Crippen molar-refractivity contribution in [1.82, 2.24) is 15.3 Å². The number of aromatic nitrogens is 2. The summed E-state index contributed by atoms with van der Waals surface area (Å²) < 4.78 is 5.44. The number of aromatic amines is 1. The monoisotopic (exact) mass is 323 g/mol. The van der Waals surface area contributed by atoms with Gasteiger partial charge in [-0.1, -0.05) is 6.07 Å². The van der Waals surface area contributed by atoms with Crippen LogP contribution in [0.5, 0.6) is 5.75 Å². The first-order chi connectivity index (χ1) is 11.6. The molecule has 0 bridgehead atoms. The van der Waals surface area contributed by atoms with E-state index in [1.807, 2.05) is 18.2 Å². The van der Waals surface area contributed by atoms with Crippen LogP contribution in [-0.2, 0) is 6.42 Å². The lowest BCUT2D eigenvalue weighted by Gasteiger charge is -2.12. The molecule has 0 atom stereocenters. The van der Waals surface area contributed by atoms with E-state index in [1.54, 1.807) is 19.5 Å². The minimum absolute atomic E-state index is 0.0886. The fraction of sp³-hybridized carbons (Fsp3) is 0.263. The molecule has 5 nitrogen and oxygen atoms in total. The van der Waals surface area contributed by atoms with Gasteiger partial charge in [0.2, 0.25) is 0 Å². The summed E-state index contributed by atoms with van der Waals surface area (Å²) in [5.41, 5.74) is 5.86. The number of nitrogens with one attached hydrogen (secondary N) is 2. The number of benzene rings is 2. The van der Waals surface area contributed by atoms with Crippen molar-refractivity contribution in [2.24, 2.45) is 0 Å². The maximum absolute atomic E-state index is 12.3. The highest BCUT2D eigenvalue weighted by atomic mass is 16.5. The van der Waals surface area contributed by atoms with Gasteiger partial charge in [0.25, 0.3) is 5.91 Å². The smallest absolute Gasteiger partial charge is 0.251 e. The van der Waals surface area contributed by atoms with Crippen molar-refractivity contribution in [3.63, 3.8) is 0 Å². The van der Waals surface area contributed by atoms with Crippen LogP contribution in [0.1, 0.15) is 27.0 Å². The lowest BCUT2D eigenvalue weighted by Crippen LogP contribution is -2.25. The normalized spacial score (nSPS) is 10.8. The summed E-state index contributed by atoms with van der Waals surface area (Å²) in [6, 6.07) is 9.60. The maximum atomic E-state index is 12.3. The molecule has 2 aromatic carbocycles. The van der Waals surface area contributed by atoms with Gasteiger partial charge >= 0.3 is 0 Å². The van der Waals surface area contributed by atoms with Crippen LogP contribution in [0.25, 0.3) is 11.0 Å². The quantitative estimate of drug-likeness (QED) is 0.758. The molecule has 3 aromatic rings. The summed E-state index contributed by atoms with van der Waals surface area (Å²) in [5, 5.41) is 2.96. The average Bonchev–Trinajstić information content (AvgIpc) is 3.05. The molecule has 0 saturated carbocycles. The maximum Gasteiger partial charge on any atom is 0.251 e. The summed E-state index contributed by atoms with van der Waals surface area (Å²) >= 11 is 0. The molecule has 0 saturated heterocycles. The zero-order chi connectivity index (χ0) is 17.1. The zero-order valence-electron chi connectivity index (χ0n) is 14.1. The van der Waals surface area contributed by atoms with Crippen molar-refractivity contribution >= 4 is 16.9 Å². The van der Waals surface area contributed by atoms with E-state index in [9.17, 15) is 4.79 Å². The van der Waals surface area contributed by atoms with Gasteiger partial charge in [-0.3, -0.25) is 4.79 Å². The van der Waals surface area contributed by atoms with E-state index in [0.717, 1.165) is 28.8 Å². The molecule has 0 aliphatic carbocycles. The van der Waals surface area contributed by atoms with Crippen molar-refractivity contribution in [2.75, 3.05) is 13.7 Å². The van der Waals surface area contributed by atoms with Crippen LogP contribution in [0.4, 0.5) is 0 Å². The minimum Gasteiger partial charge on any atom is -0.496 e. The number of carbonyl (C=O) groups is 1. The van der Waals surface area contributed by atoms with E-state index in [2.05, 4.69) is 35.2 Å². The molecule has 1 heterocycles. The van der Waals surface area contributed by atoms with Crippen LogP contribution in [0, 0.1) is 13.8 Å². The summed E-state index contributed by atoms with van der Waals surface area (Å²) in [6.45, 7) is 4.70. The number of methoxy groups -OCH3 is 1. The van der Waals surface area contributed by atoms with Crippen LogP contribution in [0.2, 0.25) is 0 Å². The molecular formula is C19H21N3O2. The van der Waals surface area contributed by atoms with Crippen molar-refractivity contribution in [3.05, 3.63) is 58.9 Å². The summed E-state index contributed by atoms with van der Waals surface area (Å²) in [5.74, 6) is 0.778. The Balaban J connectivity index is 1.65. The topological polar surface area (TPSA) is 67.0 Å². The van der Waals surface area contributed by atoms with Crippen molar-refractivity contribution < 1.29 is 9.53 Å². The number of carbonyl (C=O) groups excluding carboxylic acids is 1. The first-order valence-electron chi connectivity index (χ1n) is 7.94. The van der Waals surface area contributed by atoms with Crippen LogP contribution < -0.4 is 10.1 Å². The number of fused-ring (bicyclic) bond motifs is 1. The second-order valence-corrected chi connectivity index (χ2v) is 5.89. The van der Waals surface area contributed by atoms with E-state index < -0.39 is 0 Å². The predicted octanol–water partition coefficient (Wildman–Crippen LogP) is 3.16. The second-order valence-electron chi connectivity index (χ2n) is 5.89. The van der Waals surface area contributed by atoms with Gasteiger partial charge in [0.1, 0.15) is 5.75 Å². The molecule has 0 fully saturated rings. The Morgan fingerprint density at radius 3 is 2.79 bits per heavy atom. The van der Waals surface area contributed by atoms with Crippen LogP contribution in [0.3, 0.4) is 0 Å². The number of imidazole rings is 1. The first-order valence-corrected chi connectivity index (χ1v) is 7.94. The number of H-pyrrole nitrogens is 1. The molecule has 1 amide bonds. The number of ether oxygens (including phenoxy) is 1. The first kappa shape index (κ1) is 16.1. The highest BCUT2D eigenvalue weighted by Gasteiger charge is 2.09. The Kier molecular flexibility index (Phi) is 4.51. The molecular weight excluding hydrogens is 302 g/mol. The van der Waals surface area contributed by atoms with Gasteiger partial charge in [-0.2, -0.15) is 0 Å². The van der Waals surface area contributed by atoms with Gasteiger partial charge in [-0.15, -0.1) is 0 Å². The zero-order valence-corrected chi connectivity index (χ0v) is 14.1. The molecule has 0 unspecified atom stereocenters. The SMILES string of the molecule is COc1cc(C)c(C)cc1CCNC(=O)c1ccc2nc[nH]c2c1. The lowest BCUT2D eigenvalue weighted by atomic mass is 10.0. The van der Waals surface area contributed by atoms with Crippen molar-refractivity contribution in [3.8, 4) is 5.75 Å². The number of amides is 1. The van der Waals surface area contributed by atoms with Crippen molar-refractivity contribution in [2.45, 2.75) is 20.3 Å². The third-order valence-corrected chi connectivity index (χ3v) is 4.26. The van der Waals surface area contributed by atoms with Gasteiger partial charge in [0.15, 0.2) is 0 Å².